The van der Waals surface area contributed by atoms with Gasteiger partial charge in [0.25, 0.3) is 5.69 Å². The lowest BCUT2D eigenvalue weighted by molar-refractivity contribution is -0.697. The van der Waals surface area contributed by atoms with E-state index in [1.165, 1.54) is 23.9 Å². The SMILES string of the molecule is Cc1ccc([N+](=O)[O-])cc1NC(=O)CSc1nn[nH][n+]1-c1ccccc1. The zero-order valence-corrected chi connectivity index (χ0v) is 14.6. The third-order valence-electron chi connectivity index (χ3n) is 3.52. The number of aromatic nitrogens is 4. The van der Waals surface area contributed by atoms with Crippen LogP contribution in [0.4, 0.5) is 11.4 Å². The highest BCUT2D eigenvalue weighted by Crippen LogP contribution is 2.22. The number of hydrogen-bond acceptors (Lipinski definition) is 6. The largest absolute Gasteiger partial charge is 0.365 e. The lowest BCUT2D eigenvalue weighted by Crippen LogP contribution is -2.35. The number of thioether (sulfide) groups is 1. The number of amides is 1. The molecule has 0 saturated heterocycles. The minimum absolute atomic E-state index is 0.0722. The maximum Gasteiger partial charge on any atom is 0.365 e. The van der Waals surface area contributed by atoms with E-state index in [1.807, 2.05) is 30.3 Å². The van der Waals surface area contributed by atoms with Crippen LogP contribution in [-0.2, 0) is 4.79 Å². The second kappa shape index (κ2) is 7.74. The predicted octanol–water partition coefficient (Wildman–Crippen LogP) is 2.03. The van der Waals surface area contributed by atoms with Gasteiger partial charge in [0.15, 0.2) is 5.21 Å². The molecule has 0 unspecified atom stereocenters. The summed E-state index contributed by atoms with van der Waals surface area (Å²) in [6.45, 7) is 1.77. The zero-order chi connectivity index (χ0) is 18.5. The van der Waals surface area contributed by atoms with Gasteiger partial charge in [-0.2, -0.15) is 0 Å². The number of hydrogen-bond donors (Lipinski definition) is 2. The van der Waals surface area contributed by atoms with Crippen molar-refractivity contribution in [1.29, 1.82) is 0 Å². The Morgan fingerprint density at radius 1 is 1.31 bits per heavy atom. The standard InChI is InChI=1S/C16H14N6O3S/c1-11-7-8-13(22(24)25)9-14(11)17-15(23)10-26-16-18-19-20-21(16)12-5-3-2-4-6-12/h2-9H,10H2,1H3,(H,17,23)/p+1. The van der Waals surface area contributed by atoms with Crippen LogP contribution in [0.15, 0.2) is 53.7 Å². The molecule has 1 aromatic heterocycles. The molecule has 2 aromatic carbocycles. The number of rotatable bonds is 6. The molecule has 0 aliphatic rings. The van der Waals surface area contributed by atoms with Gasteiger partial charge in [-0.05, 0) is 36.4 Å². The van der Waals surface area contributed by atoms with Crippen LogP contribution in [0, 0.1) is 17.0 Å². The highest BCUT2D eigenvalue weighted by Gasteiger charge is 2.19. The summed E-state index contributed by atoms with van der Waals surface area (Å²) in [6.07, 6.45) is 0. The number of nitro groups is 1. The van der Waals surface area contributed by atoms with Gasteiger partial charge in [-0.25, -0.2) is 0 Å². The van der Waals surface area contributed by atoms with Crippen molar-refractivity contribution in [2.45, 2.75) is 12.1 Å². The van der Waals surface area contributed by atoms with E-state index in [0.29, 0.717) is 10.8 Å². The Hall–Kier alpha value is -3.27. The van der Waals surface area contributed by atoms with E-state index in [-0.39, 0.29) is 17.3 Å². The van der Waals surface area contributed by atoms with Crippen molar-refractivity contribution < 1.29 is 14.4 Å². The van der Waals surface area contributed by atoms with Crippen molar-refractivity contribution in [1.82, 2.24) is 15.5 Å². The smallest absolute Gasteiger partial charge is 0.325 e. The quantitative estimate of drug-likeness (QED) is 0.296. The maximum atomic E-state index is 12.2. The summed E-state index contributed by atoms with van der Waals surface area (Å²) < 4.78 is 1.66. The molecule has 26 heavy (non-hydrogen) atoms. The lowest BCUT2D eigenvalue weighted by atomic mass is 10.2. The Balaban J connectivity index is 1.67. The van der Waals surface area contributed by atoms with Gasteiger partial charge in [0.1, 0.15) is 10.8 Å². The van der Waals surface area contributed by atoms with E-state index >= 15 is 0 Å². The summed E-state index contributed by atoms with van der Waals surface area (Å²) in [6, 6.07) is 13.8. The molecule has 10 heteroatoms. The molecular weight excluding hydrogens is 356 g/mol. The fourth-order valence-electron chi connectivity index (χ4n) is 2.21. The van der Waals surface area contributed by atoms with E-state index < -0.39 is 4.92 Å². The van der Waals surface area contributed by atoms with Crippen molar-refractivity contribution in [3.05, 3.63) is 64.2 Å². The molecule has 0 fully saturated rings. The lowest BCUT2D eigenvalue weighted by Gasteiger charge is -2.07. The fraction of sp³-hybridized carbons (Fsp3) is 0.125. The molecule has 3 aromatic rings. The molecule has 1 amide bonds. The average Bonchev–Trinajstić information content (AvgIpc) is 3.11. The summed E-state index contributed by atoms with van der Waals surface area (Å²) >= 11 is 1.20. The molecule has 132 valence electrons. The number of tetrazole rings is 1. The normalized spacial score (nSPS) is 10.5. The molecule has 0 spiro atoms. The number of anilines is 1. The van der Waals surface area contributed by atoms with Gasteiger partial charge in [0, 0.05) is 12.1 Å². The van der Waals surface area contributed by atoms with E-state index in [0.717, 1.165) is 11.3 Å². The van der Waals surface area contributed by atoms with Crippen LogP contribution in [0.2, 0.25) is 0 Å². The molecule has 0 bridgehead atoms. The minimum atomic E-state index is -0.498. The molecular formula is C16H15N6O3S+. The molecule has 0 radical (unpaired) electrons. The molecule has 0 aliphatic heterocycles. The van der Waals surface area contributed by atoms with Gasteiger partial charge in [-0.1, -0.05) is 29.5 Å². The second-order valence-electron chi connectivity index (χ2n) is 5.35. The summed E-state index contributed by atoms with van der Waals surface area (Å²) in [5.41, 5.74) is 1.93. The number of nitro benzene ring substituents is 1. The number of para-hydroxylation sites is 1. The highest BCUT2D eigenvalue weighted by atomic mass is 32.2. The van der Waals surface area contributed by atoms with Gasteiger partial charge in [-0.15, -0.1) is 4.68 Å². The number of carbonyl (C=O) groups excluding carboxylic acids is 1. The Bertz CT molecular complexity index is 944. The first-order valence-electron chi connectivity index (χ1n) is 7.61. The molecule has 0 aliphatic carbocycles. The predicted molar refractivity (Wildman–Crippen MR) is 95.1 cm³/mol. The van der Waals surface area contributed by atoms with Crippen molar-refractivity contribution in [3.63, 3.8) is 0 Å². The van der Waals surface area contributed by atoms with Crippen LogP contribution in [0.3, 0.4) is 0 Å². The number of aryl methyl sites for hydroxylation is 1. The van der Waals surface area contributed by atoms with E-state index in [9.17, 15) is 14.9 Å². The molecule has 2 N–H and O–H groups in total. The number of benzene rings is 2. The van der Waals surface area contributed by atoms with Crippen LogP contribution in [0.1, 0.15) is 5.56 Å². The van der Waals surface area contributed by atoms with Gasteiger partial charge < -0.3 is 5.32 Å². The third-order valence-corrected chi connectivity index (χ3v) is 4.45. The summed E-state index contributed by atoms with van der Waals surface area (Å²) in [5.74, 6) is -0.206. The maximum absolute atomic E-state index is 12.2. The first kappa shape index (κ1) is 17.5. The van der Waals surface area contributed by atoms with Crippen LogP contribution in [0.5, 0.6) is 0 Å². The average molecular weight is 371 g/mol. The van der Waals surface area contributed by atoms with Gasteiger partial charge in [0.2, 0.25) is 5.91 Å². The molecule has 0 saturated carbocycles. The first-order valence-corrected chi connectivity index (χ1v) is 8.59. The fourth-order valence-corrected chi connectivity index (χ4v) is 2.92. The van der Waals surface area contributed by atoms with Crippen LogP contribution in [0.25, 0.3) is 5.69 Å². The highest BCUT2D eigenvalue weighted by molar-refractivity contribution is 7.99. The number of H-pyrrole nitrogens is 1. The van der Waals surface area contributed by atoms with Gasteiger partial charge in [-0.3, -0.25) is 14.9 Å². The Morgan fingerprint density at radius 3 is 2.81 bits per heavy atom. The van der Waals surface area contributed by atoms with Crippen LogP contribution >= 0.6 is 11.8 Å². The van der Waals surface area contributed by atoms with Crippen molar-refractivity contribution in [2.75, 3.05) is 11.1 Å². The minimum Gasteiger partial charge on any atom is -0.325 e. The number of nitrogens with zero attached hydrogens (tertiary/aromatic N) is 4. The molecule has 9 nitrogen and oxygen atoms in total. The van der Waals surface area contributed by atoms with Gasteiger partial charge in [0.05, 0.1) is 16.4 Å². The molecule has 3 rings (SSSR count). The summed E-state index contributed by atoms with van der Waals surface area (Å²) in [4.78, 5) is 22.6. The summed E-state index contributed by atoms with van der Waals surface area (Å²) in [5, 5.41) is 24.6. The number of carbonyl (C=O) groups is 1. The number of nitrogens with one attached hydrogen (secondary N) is 2. The zero-order valence-electron chi connectivity index (χ0n) is 13.7. The van der Waals surface area contributed by atoms with E-state index in [1.54, 1.807) is 17.7 Å². The van der Waals surface area contributed by atoms with Crippen molar-refractivity contribution in [2.24, 2.45) is 0 Å². The van der Waals surface area contributed by atoms with Crippen LogP contribution in [-0.4, -0.2) is 32.1 Å². The Kier molecular flexibility index (Phi) is 5.23. The van der Waals surface area contributed by atoms with Crippen molar-refractivity contribution >= 4 is 29.0 Å². The second-order valence-corrected chi connectivity index (χ2v) is 6.29. The number of aromatic amines is 1. The van der Waals surface area contributed by atoms with Crippen LogP contribution < -0.4 is 10.00 Å². The summed E-state index contributed by atoms with van der Waals surface area (Å²) in [7, 11) is 0. The Morgan fingerprint density at radius 2 is 2.08 bits per heavy atom. The Labute approximate surface area is 152 Å². The molecule has 1 heterocycles. The third kappa shape index (κ3) is 4.03. The molecule has 0 atom stereocenters. The van der Waals surface area contributed by atoms with Crippen molar-refractivity contribution in [3.8, 4) is 5.69 Å². The van der Waals surface area contributed by atoms with Gasteiger partial charge >= 0.3 is 5.16 Å². The number of non-ortho nitro benzene ring substituents is 1. The van der Waals surface area contributed by atoms with E-state index in [4.69, 9.17) is 0 Å². The van der Waals surface area contributed by atoms with E-state index in [2.05, 4.69) is 20.8 Å². The first-order chi connectivity index (χ1) is 12.5. The topological polar surface area (TPSA) is 118 Å². The monoisotopic (exact) mass is 371 g/mol.